The second-order valence-electron chi connectivity index (χ2n) is 4.15. The third-order valence-corrected chi connectivity index (χ3v) is 3.10. The summed E-state index contributed by atoms with van der Waals surface area (Å²) < 4.78 is 53.4. The summed E-state index contributed by atoms with van der Waals surface area (Å²) in [5.41, 5.74) is -5.00. The Morgan fingerprint density at radius 2 is 1.76 bits per heavy atom. The van der Waals surface area contributed by atoms with Gasteiger partial charge in [0.25, 0.3) is 5.91 Å². The van der Waals surface area contributed by atoms with Crippen LogP contribution in [0.15, 0.2) is 24.3 Å². The van der Waals surface area contributed by atoms with Crippen molar-refractivity contribution in [1.29, 1.82) is 0 Å². The van der Waals surface area contributed by atoms with Gasteiger partial charge >= 0.3 is 11.8 Å². The molecule has 1 aromatic carbocycles. The Kier molecular flexibility index (Phi) is 5.19. The number of nitrogens with zero attached hydrogens (tertiary/aromatic N) is 1. The largest absolute Gasteiger partial charge is 0.434 e. The minimum absolute atomic E-state index is 0.0621. The molecular formula is C12H12ClF4NO3. The maximum absolute atomic E-state index is 14.4. The highest BCUT2D eigenvalue weighted by molar-refractivity contribution is 6.30. The first kappa shape index (κ1) is 17.7. The molecule has 0 aliphatic rings. The molecule has 0 aromatic heterocycles. The van der Waals surface area contributed by atoms with Crippen molar-refractivity contribution in [3.05, 3.63) is 34.9 Å². The molecule has 0 aliphatic heterocycles. The van der Waals surface area contributed by atoms with Gasteiger partial charge in [-0.25, -0.2) is 9.45 Å². The maximum atomic E-state index is 14.4. The summed E-state index contributed by atoms with van der Waals surface area (Å²) >= 11 is 5.56. The molecule has 0 bridgehead atoms. The molecule has 0 aliphatic carbocycles. The number of alkyl halides is 4. The smallest absolute Gasteiger partial charge is 0.384 e. The molecular weight excluding hydrogens is 318 g/mol. The summed E-state index contributed by atoms with van der Waals surface area (Å²) in [7, 11) is 1.69. The second kappa shape index (κ2) is 6.17. The van der Waals surface area contributed by atoms with Crippen molar-refractivity contribution in [2.45, 2.75) is 17.9 Å². The topological polar surface area (TPSA) is 49.8 Å². The number of carbonyl (C=O) groups excluding carboxylic acids is 1. The number of aliphatic hydroxyl groups is 1. The molecule has 1 N–H and O–H groups in total. The van der Waals surface area contributed by atoms with Gasteiger partial charge in [0, 0.05) is 12.1 Å². The Labute approximate surface area is 122 Å². The van der Waals surface area contributed by atoms with Crippen LogP contribution in [-0.4, -0.2) is 42.1 Å². The third-order valence-electron chi connectivity index (χ3n) is 2.85. The first-order chi connectivity index (χ1) is 9.55. The summed E-state index contributed by atoms with van der Waals surface area (Å²) in [6, 6.07) is 4.32. The molecule has 1 rings (SSSR count). The van der Waals surface area contributed by atoms with Crippen molar-refractivity contribution >= 4 is 17.5 Å². The van der Waals surface area contributed by atoms with Gasteiger partial charge in [-0.1, -0.05) is 23.7 Å². The van der Waals surface area contributed by atoms with Crippen LogP contribution in [0.1, 0.15) is 11.7 Å². The van der Waals surface area contributed by atoms with Gasteiger partial charge in [-0.2, -0.15) is 13.2 Å². The number of halogens is 5. The number of hydroxylamine groups is 2. The van der Waals surface area contributed by atoms with E-state index in [0.717, 1.165) is 26.3 Å². The average Bonchev–Trinajstić information content (AvgIpc) is 2.43. The zero-order chi connectivity index (χ0) is 16.4. The quantitative estimate of drug-likeness (QED) is 0.682. The Morgan fingerprint density at radius 3 is 2.14 bits per heavy atom. The summed E-state index contributed by atoms with van der Waals surface area (Å²) in [5, 5.41) is 9.98. The molecule has 0 heterocycles. The van der Waals surface area contributed by atoms with Gasteiger partial charge < -0.3 is 5.11 Å². The van der Waals surface area contributed by atoms with E-state index in [1.807, 2.05) is 0 Å². The zero-order valence-electron chi connectivity index (χ0n) is 11.0. The highest BCUT2D eigenvalue weighted by Gasteiger charge is 2.67. The van der Waals surface area contributed by atoms with Crippen LogP contribution < -0.4 is 0 Å². The monoisotopic (exact) mass is 329 g/mol. The molecule has 0 spiro atoms. The normalized spacial score (nSPS) is 16.2. The fourth-order valence-corrected chi connectivity index (χ4v) is 1.71. The van der Waals surface area contributed by atoms with Crippen LogP contribution in [0.2, 0.25) is 5.02 Å². The summed E-state index contributed by atoms with van der Waals surface area (Å²) in [5.74, 6) is -2.07. The highest BCUT2D eigenvalue weighted by Crippen LogP contribution is 2.44. The average molecular weight is 330 g/mol. The molecule has 0 fully saturated rings. The molecule has 118 valence electrons. The predicted molar refractivity (Wildman–Crippen MR) is 66.1 cm³/mol. The Morgan fingerprint density at radius 1 is 1.29 bits per heavy atom. The number of aliphatic hydroxyl groups excluding tert-OH is 1. The first-order valence-electron chi connectivity index (χ1n) is 5.57. The molecule has 0 unspecified atom stereocenters. The van der Waals surface area contributed by atoms with Crippen LogP contribution in [0.4, 0.5) is 17.6 Å². The van der Waals surface area contributed by atoms with E-state index in [1.165, 1.54) is 12.1 Å². The molecule has 2 atom stereocenters. The molecule has 0 saturated heterocycles. The molecule has 4 nitrogen and oxygen atoms in total. The second-order valence-corrected chi connectivity index (χ2v) is 4.59. The lowest BCUT2D eigenvalue weighted by Crippen LogP contribution is -2.57. The highest BCUT2D eigenvalue weighted by atomic mass is 35.5. The van der Waals surface area contributed by atoms with E-state index >= 15 is 0 Å². The predicted octanol–water partition coefficient (Wildman–Crippen LogP) is 2.66. The van der Waals surface area contributed by atoms with Gasteiger partial charge in [0.1, 0.15) is 6.10 Å². The van der Waals surface area contributed by atoms with Crippen LogP contribution in [0, 0.1) is 0 Å². The van der Waals surface area contributed by atoms with Crippen molar-refractivity contribution < 1.29 is 32.3 Å². The number of rotatable bonds is 4. The minimum atomic E-state index is -5.64. The number of amides is 1. The molecule has 0 saturated carbocycles. The molecule has 1 amide bonds. The van der Waals surface area contributed by atoms with Gasteiger partial charge in [-0.3, -0.25) is 9.63 Å². The van der Waals surface area contributed by atoms with Crippen molar-refractivity contribution in [1.82, 2.24) is 5.06 Å². The van der Waals surface area contributed by atoms with Gasteiger partial charge in [0.05, 0.1) is 7.11 Å². The Hall–Kier alpha value is -1.38. The lowest BCUT2D eigenvalue weighted by molar-refractivity contribution is -0.269. The van der Waals surface area contributed by atoms with Crippen LogP contribution in [0.3, 0.4) is 0 Å². The SMILES string of the molecule is CON(C)C(=O)[C@@](F)([C@H](O)c1ccc(Cl)cc1)C(F)(F)F. The van der Waals surface area contributed by atoms with E-state index in [9.17, 15) is 27.5 Å². The van der Waals surface area contributed by atoms with Gasteiger partial charge in [-0.15, -0.1) is 0 Å². The summed E-state index contributed by atoms with van der Waals surface area (Å²) in [6.45, 7) is 0. The van der Waals surface area contributed by atoms with Crippen molar-refractivity contribution in [3.8, 4) is 0 Å². The maximum Gasteiger partial charge on any atom is 0.434 e. The van der Waals surface area contributed by atoms with Gasteiger partial charge in [-0.05, 0) is 17.7 Å². The lowest BCUT2D eigenvalue weighted by atomic mass is 9.91. The summed E-state index contributed by atoms with van der Waals surface area (Å²) in [4.78, 5) is 15.9. The number of hydrogen-bond donors (Lipinski definition) is 1. The molecule has 0 radical (unpaired) electrons. The minimum Gasteiger partial charge on any atom is -0.384 e. The van der Waals surface area contributed by atoms with E-state index in [0.29, 0.717) is 0 Å². The first-order valence-corrected chi connectivity index (χ1v) is 5.95. The number of benzene rings is 1. The van der Waals surface area contributed by atoms with E-state index in [4.69, 9.17) is 11.6 Å². The van der Waals surface area contributed by atoms with Gasteiger partial charge in [0.2, 0.25) is 0 Å². The number of carbonyl (C=O) groups is 1. The Balaban J connectivity index is 3.31. The van der Waals surface area contributed by atoms with Crippen LogP contribution in [0.25, 0.3) is 0 Å². The Bertz CT molecular complexity index is 508. The summed E-state index contributed by atoms with van der Waals surface area (Å²) in [6.07, 6.45) is -8.41. The number of hydrogen-bond acceptors (Lipinski definition) is 3. The molecule has 21 heavy (non-hydrogen) atoms. The fraction of sp³-hybridized carbons (Fsp3) is 0.417. The van der Waals surface area contributed by atoms with E-state index < -0.39 is 29.4 Å². The van der Waals surface area contributed by atoms with Crippen LogP contribution >= 0.6 is 11.6 Å². The van der Waals surface area contributed by atoms with Gasteiger partial charge in [0.15, 0.2) is 0 Å². The molecule has 1 aromatic rings. The third kappa shape index (κ3) is 3.28. The van der Waals surface area contributed by atoms with E-state index in [-0.39, 0.29) is 10.1 Å². The molecule has 9 heteroatoms. The van der Waals surface area contributed by atoms with Crippen molar-refractivity contribution in [2.75, 3.05) is 14.2 Å². The fourth-order valence-electron chi connectivity index (χ4n) is 1.58. The standard InChI is InChI=1S/C12H12ClF4NO3/c1-18(21-2)10(20)11(14,12(15,16)17)9(19)7-3-5-8(13)6-4-7/h3-6,9,19H,1-2H3/t9-,11+/m1/s1. The van der Waals surface area contributed by atoms with E-state index in [2.05, 4.69) is 4.84 Å². The van der Waals surface area contributed by atoms with Crippen LogP contribution in [0.5, 0.6) is 0 Å². The van der Waals surface area contributed by atoms with Crippen molar-refractivity contribution in [3.63, 3.8) is 0 Å². The lowest BCUT2D eigenvalue weighted by Gasteiger charge is -2.33. The zero-order valence-corrected chi connectivity index (χ0v) is 11.7. The van der Waals surface area contributed by atoms with E-state index in [1.54, 1.807) is 0 Å². The van der Waals surface area contributed by atoms with Crippen LogP contribution in [-0.2, 0) is 9.63 Å². The van der Waals surface area contributed by atoms with Crippen molar-refractivity contribution in [2.24, 2.45) is 0 Å².